The Bertz CT molecular complexity index is 1040. The Morgan fingerprint density at radius 3 is 2.72 bits per heavy atom. The standard InChI is InChI=1S/C25H28N2O4S/c1-16-6-4-7-17(2)23(16)31-15-19-12-18(9-10-22(19)29-3)13-21-24(28)27(25(32)26-21)14-20-8-5-11-30-20/h4,6-7,9-10,12-13,20H,5,8,11,14-15H2,1-3H3,(H,26,32)/b21-13+. The number of aryl methyl sites for hydroxylation is 2. The highest BCUT2D eigenvalue weighted by Crippen LogP contribution is 2.27. The fourth-order valence-electron chi connectivity index (χ4n) is 4.07. The molecule has 0 aliphatic carbocycles. The Morgan fingerprint density at radius 1 is 1.25 bits per heavy atom. The fourth-order valence-corrected chi connectivity index (χ4v) is 4.34. The minimum atomic E-state index is -0.130. The first-order valence-corrected chi connectivity index (χ1v) is 11.2. The normalized spacial score (nSPS) is 19.5. The lowest BCUT2D eigenvalue weighted by Crippen LogP contribution is -2.37. The van der Waals surface area contributed by atoms with Gasteiger partial charge in [0.2, 0.25) is 0 Å². The smallest absolute Gasteiger partial charge is 0.276 e. The monoisotopic (exact) mass is 452 g/mol. The molecule has 2 saturated heterocycles. The van der Waals surface area contributed by atoms with Crippen LogP contribution in [-0.2, 0) is 16.1 Å². The van der Waals surface area contributed by atoms with Gasteiger partial charge in [0.15, 0.2) is 5.11 Å². The fraction of sp³-hybridized carbons (Fsp3) is 0.360. The van der Waals surface area contributed by atoms with E-state index in [1.807, 2.05) is 56.3 Å². The SMILES string of the molecule is COc1ccc(/C=C2/NC(=S)N(CC3CCCO3)C2=O)cc1COc1c(C)cccc1C. The van der Waals surface area contributed by atoms with Gasteiger partial charge in [-0.05, 0) is 73.8 Å². The van der Waals surface area contributed by atoms with E-state index >= 15 is 0 Å². The van der Waals surface area contributed by atoms with Crippen molar-refractivity contribution in [3.63, 3.8) is 0 Å². The van der Waals surface area contributed by atoms with Gasteiger partial charge in [-0.15, -0.1) is 0 Å². The van der Waals surface area contributed by atoms with Gasteiger partial charge in [0.1, 0.15) is 23.8 Å². The second-order valence-electron chi connectivity index (χ2n) is 8.12. The number of carbonyl (C=O) groups excluding carboxylic acids is 1. The lowest BCUT2D eigenvalue weighted by molar-refractivity contribution is -0.123. The summed E-state index contributed by atoms with van der Waals surface area (Å²) in [5.74, 6) is 1.48. The number of amides is 1. The molecule has 2 heterocycles. The number of methoxy groups -OCH3 is 1. The number of nitrogens with zero attached hydrogens (tertiary/aromatic N) is 1. The molecular formula is C25H28N2O4S. The van der Waals surface area contributed by atoms with Crippen LogP contribution in [0.1, 0.15) is 35.1 Å². The highest BCUT2D eigenvalue weighted by molar-refractivity contribution is 7.80. The Balaban J connectivity index is 1.52. The minimum absolute atomic E-state index is 0.0488. The molecule has 1 atom stereocenters. The van der Waals surface area contributed by atoms with Gasteiger partial charge < -0.3 is 19.5 Å². The van der Waals surface area contributed by atoms with Crippen molar-refractivity contribution in [3.05, 3.63) is 64.3 Å². The first-order valence-electron chi connectivity index (χ1n) is 10.8. The van der Waals surface area contributed by atoms with Gasteiger partial charge in [0.25, 0.3) is 5.91 Å². The highest BCUT2D eigenvalue weighted by atomic mass is 32.1. The Labute approximate surface area is 194 Å². The predicted molar refractivity (Wildman–Crippen MR) is 128 cm³/mol. The van der Waals surface area contributed by atoms with Gasteiger partial charge >= 0.3 is 0 Å². The molecule has 0 aromatic heterocycles. The number of benzene rings is 2. The van der Waals surface area contributed by atoms with E-state index in [2.05, 4.69) is 5.32 Å². The number of para-hydroxylation sites is 1. The Hall–Kier alpha value is -2.90. The largest absolute Gasteiger partial charge is 0.496 e. The molecule has 2 aliphatic rings. The summed E-state index contributed by atoms with van der Waals surface area (Å²) in [4.78, 5) is 14.5. The van der Waals surface area contributed by atoms with Gasteiger partial charge in [0, 0.05) is 12.2 Å². The van der Waals surface area contributed by atoms with Crippen molar-refractivity contribution in [1.29, 1.82) is 0 Å². The molecule has 1 amide bonds. The zero-order chi connectivity index (χ0) is 22.7. The van der Waals surface area contributed by atoms with Crippen molar-refractivity contribution in [2.75, 3.05) is 20.3 Å². The summed E-state index contributed by atoms with van der Waals surface area (Å²) >= 11 is 5.39. The Kier molecular flexibility index (Phi) is 6.77. The summed E-state index contributed by atoms with van der Waals surface area (Å²) in [5, 5.41) is 3.47. The zero-order valence-electron chi connectivity index (χ0n) is 18.6. The van der Waals surface area contributed by atoms with Crippen LogP contribution in [-0.4, -0.2) is 42.3 Å². The Morgan fingerprint density at radius 2 is 2.03 bits per heavy atom. The molecule has 168 valence electrons. The number of rotatable bonds is 7. The average Bonchev–Trinajstić information content (AvgIpc) is 3.38. The molecule has 2 aliphatic heterocycles. The lowest BCUT2D eigenvalue weighted by atomic mass is 10.1. The summed E-state index contributed by atoms with van der Waals surface area (Å²) in [5.41, 5.74) is 4.39. The molecule has 2 fully saturated rings. The number of nitrogens with one attached hydrogen (secondary N) is 1. The van der Waals surface area contributed by atoms with Crippen LogP contribution in [0.3, 0.4) is 0 Å². The van der Waals surface area contributed by atoms with Crippen molar-refractivity contribution in [3.8, 4) is 11.5 Å². The third-order valence-electron chi connectivity index (χ3n) is 5.77. The number of hydrogen-bond donors (Lipinski definition) is 1. The van der Waals surface area contributed by atoms with Crippen molar-refractivity contribution in [2.24, 2.45) is 0 Å². The summed E-state index contributed by atoms with van der Waals surface area (Å²) in [6.45, 7) is 5.65. The topological polar surface area (TPSA) is 60.0 Å². The molecule has 4 rings (SSSR count). The molecular weight excluding hydrogens is 424 g/mol. The molecule has 0 saturated carbocycles. The molecule has 7 heteroatoms. The van der Waals surface area contributed by atoms with E-state index in [9.17, 15) is 4.79 Å². The molecule has 32 heavy (non-hydrogen) atoms. The molecule has 0 bridgehead atoms. The van der Waals surface area contributed by atoms with Gasteiger partial charge in [0.05, 0.1) is 19.8 Å². The first-order chi connectivity index (χ1) is 15.5. The lowest BCUT2D eigenvalue weighted by Gasteiger charge is -2.18. The molecule has 2 aromatic carbocycles. The first kappa shape index (κ1) is 22.3. The second kappa shape index (κ2) is 9.71. The van der Waals surface area contributed by atoms with E-state index < -0.39 is 0 Å². The average molecular weight is 453 g/mol. The summed E-state index contributed by atoms with van der Waals surface area (Å²) in [6.07, 6.45) is 3.83. The quantitative estimate of drug-likeness (QED) is 0.504. The van der Waals surface area contributed by atoms with E-state index in [0.29, 0.717) is 24.0 Å². The van der Waals surface area contributed by atoms with E-state index in [1.165, 1.54) is 0 Å². The summed E-state index contributed by atoms with van der Waals surface area (Å²) in [6, 6.07) is 11.8. The third-order valence-corrected chi connectivity index (χ3v) is 6.09. The van der Waals surface area contributed by atoms with E-state index in [-0.39, 0.29) is 12.0 Å². The van der Waals surface area contributed by atoms with Gasteiger partial charge in [-0.2, -0.15) is 0 Å². The van der Waals surface area contributed by atoms with Gasteiger partial charge in [-0.3, -0.25) is 9.69 Å². The summed E-state index contributed by atoms with van der Waals surface area (Å²) in [7, 11) is 1.64. The molecule has 0 spiro atoms. The van der Waals surface area contributed by atoms with E-state index in [1.54, 1.807) is 12.0 Å². The third kappa shape index (κ3) is 4.79. The minimum Gasteiger partial charge on any atom is -0.496 e. The van der Waals surface area contributed by atoms with Crippen molar-refractivity contribution in [1.82, 2.24) is 10.2 Å². The van der Waals surface area contributed by atoms with Crippen molar-refractivity contribution < 1.29 is 19.0 Å². The zero-order valence-corrected chi connectivity index (χ0v) is 19.5. The number of carbonyl (C=O) groups is 1. The molecule has 6 nitrogen and oxygen atoms in total. The highest BCUT2D eigenvalue weighted by Gasteiger charge is 2.33. The van der Waals surface area contributed by atoms with Crippen LogP contribution in [0, 0.1) is 13.8 Å². The number of hydrogen-bond acceptors (Lipinski definition) is 5. The van der Waals surface area contributed by atoms with Crippen molar-refractivity contribution in [2.45, 2.75) is 39.4 Å². The van der Waals surface area contributed by atoms with Gasteiger partial charge in [-0.25, -0.2) is 0 Å². The van der Waals surface area contributed by atoms with Crippen LogP contribution in [0.15, 0.2) is 42.1 Å². The van der Waals surface area contributed by atoms with Crippen LogP contribution >= 0.6 is 12.2 Å². The van der Waals surface area contributed by atoms with Crippen LogP contribution in [0.4, 0.5) is 0 Å². The number of ether oxygens (including phenoxy) is 3. The van der Waals surface area contributed by atoms with Crippen LogP contribution in [0.25, 0.3) is 6.08 Å². The summed E-state index contributed by atoms with van der Waals surface area (Å²) < 4.78 is 17.3. The predicted octanol–water partition coefficient (Wildman–Crippen LogP) is 4.13. The molecule has 1 unspecified atom stereocenters. The van der Waals surface area contributed by atoms with Crippen LogP contribution in [0.2, 0.25) is 0 Å². The molecule has 1 N–H and O–H groups in total. The molecule has 2 aromatic rings. The number of thiocarbonyl (C=S) groups is 1. The van der Waals surface area contributed by atoms with E-state index in [4.69, 9.17) is 26.4 Å². The van der Waals surface area contributed by atoms with Crippen molar-refractivity contribution >= 4 is 29.3 Å². The maximum atomic E-state index is 12.9. The van der Waals surface area contributed by atoms with Crippen LogP contribution in [0.5, 0.6) is 11.5 Å². The maximum absolute atomic E-state index is 12.9. The maximum Gasteiger partial charge on any atom is 0.276 e. The van der Waals surface area contributed by atoms with E-state index in [0.717, 1.165) is 53.2 Å². The molecule has 0 radical (unpaired) electrons. The second-order valence-corrected chi connectivity index (χ2v) is 8.51. The van der Waals surface area contributed by atoms with Gasteiger partial charge in [-0.1, -0.05) is 24.3 Å². The van der Waals surface area contributed by atoms with Crippen LogP contribution < -0.4 is 14.8 Å².